The lowest BCUT2D eigenvalue weighted by Gasteiger charge is -2.17. The molecule has 4 heteroatoms. The summed E-state index contributed by atoms with van der Waals surface area (Å²) < 4.78 is 0. The van der Waals surface area contributed by atoms with Crippen molar-refractivity contribution in [2.24, 2.45) is 0 Å². The maximum Gasteiger partial charge on any atom is 0.160 e. The summed E-state index contributed by atoms with van der Waals surface area (Å²) in [7, 11) is 0. The van der Waals surface area contributed by atoms with E-state index in [0.717, 1.165) is 75.1 Å². The van der Waals surface area contributed by atoms with E-state index in [1.54, 1.807) is 0 Å². The molecule has 0 amide bonds. The smallest absolute Gasteiger partial charge is 0.160 e. The summed E-state index contributed by atoms with van der Waals surface area (Å²) in [5.41, 5.74) is 12.7. The minimum Gasteiger partial charge on any atom is -0.228 e. The van der Waals surface area contributed by atoms with Crippen LogP contribution in [0.4, 0.5) is 0 Å². The molecule has 5 aromatic carbocycles. The third-order valence-corrected chi connectivity index (χ3v) is 8.69. The molecular formula is C44H32N4. The standard InChI is InChI=1S/C44H32N4/c1-5-13-33(14-6-1)39-29-41(47-43(45-39)37-17-9-3-10-18-37)35-25-21-31(22-26-35)32-23-27-36(28-24-32)42-30-40(34-15-7-2-8-16-34)46-44(48-42)38-19-11-4-12-20-38/h1-23,25-27,29-30H,24,28H2. The molecule has 2 aromatic heterocycles. The van der Waals surface area contributed by atoms with Gasteiger partial charge in [0.1, 0.15) is 0 Å². The van der Waals surface area contributed by atoms with Gasteiger partial charge < -0.3 is 0 Å². The Morgan fingerprint density at radius 3 is 1.06 bits per heavy atom. The van der Waals surface area contributed by atoms with Gasteiger partial charge in [-0.1, -0.05) is 158 Å². The minimum atomic E-state index is 0.722. The van der Waals surface area contributed by atoms with E-state index in [1.165, 1.54) is 16.7 Å². The predicted octanol–water partition coefficient (Wildman–Crippen LogP) is 10.9. The van der Waals surface area contributed by atoms with Crippen molar-refractivity contribution in [2.45, 2.75) is 12.8 Å². The quantitative estimate of drug-likeness (QED) is 0.179. The van der Waals surface area contributed by atoms with Gasteiger partial charge in [-0.15, -0.1) is 0 Å². The van der Waals surface area contributed by atoms with Crippen LogP contribution >= 0.6 is 0 Å². The maximum atomic E-state index is 5.03. The van der Waals surface area contributed by atoms with Gasteiger partial charge in [0.25, 0.3) is 0 Å². The lowest BCUT2D eigenvalue weighted by molar-refractivity contribution is 1.04. The molecule has 0 unspecified atom stereocenters. The van der Waals surface area contributed by atoms with Crippen LogP contribution in [0.15, 0.2) is 170 Å². The molecule has 8 rings (SSSR count). The average Bonchev–Trinajstić information content (AvgIpc) is 3.19. The summed E-state index contributed by atoms with van der Waals surface area (Å²) in [5.74, 6) is 1.47. The van der Waals surface area contributed by atoms with Crippen molar-refractivity contribution in [1.29, 1.82) is 0 Å². The van der Waals surface area contributed by atoms with E-state index in [4.69, 9.17) is 19.9 Å². The Bertz CT molecular complexity index is 2130. The highest BCUT2D eigenvalue weighted by Crippen LogP contribution is 2.35. The highest BCUT2D eigenvalue weighted by Gasteiger charge is 2.16. The second kappa shape index (κ2) is 13.2. The second-order valence-corrected chi connectivity index (χ2v) is 11.8. The molecule has 4 nitrogen and oxygen atoms in total. The number of nitrogens with zero attached hydrogens (tertiary/aromatic N) is 4. The highest BCUT2D eigenvalue weighted by atomic mass is 14.9. The number of hydrogen-bond donors (Lipinski definition) is 0. The van der Waals surface area contributed by atoms with E-state index in [9.17, 15) is 0 Å². The van der Waals surface area contributed by atoms with Crippen molar-refractivity contribution in [2.75, 3.05) is 0 Å². The molecule has 0 saturated heterocycles. The molecule has 228 valence electrons. The number of aromatic nitrogens is 4. The van der Waals surface area contributed by atoms with E-state index in [2.05, 4.69) is 109 Å². The molecule has 0 saturated carbocycles. The monoisotopic (exact) mass is 616 g/mol. The Hall–Kier alpha value is -6.26. The lowest BCUT2D eigenvalue weighted by atomic mass is 9.91. The van der Waals surface area contributed by atoms with E-state index in [0.29, 0.717) is 0 Å². The molecular weight excluding hydrogens is 585 g/mol. The van der Waals surface area contributed by atoms with Crippen LogP contribution in [-0.4, -0.2) is 19.9 Å². The fraction of sp³-hybridized carbons (Fsp3) is 0.0455. The van der Waals surface area contributed by atoms with Crippen LogP contribution in [0.3, 0.4) is 0 Å². The summed E-state index contributed by atoms with van der Waals surface area (Å²) in [5, 5.41) is 0. The first-order chi connectivity index (χ1) is 23.8. The molecule has 48 heavy (non-hydrogen) atoms. The van der Waals surface area contributed by atoms with Crippen LogP contribution in [0.5, 0.6) is 0 Å². The first-order valence-corrected chi connectivity index (χ1v) is 16.3. The third kappa shape index (κ3) is 6.24. The molecule has 0 N–H and O–H groups in total. The molecule has 0 atom stereocenters. The topological polar surface area (TPSA) is 51.6 Å². The Balaban J connectivity index is 1.10. The highest BCUT2D eigenvalue weighted by molar-refractivity contribution is 5.80. The van der Waals surface area contributed by atoms with Crippen molar-refractivity contribution >= 4 is 11.1 Å². The van der Waals surface area contributed by atoms with Gasteiger partial charge in [0, 0.05) is 27.8 Å². The third-order valence-electron chi connectivity index (χ3n) is 8.69. The van der Waals surface area contributed by atoms with E-state index >= 15 is 0 Å². The van der Waals surface area contributed by atoms with Crippen molar-refractivity contribution in [1.82, 2.24) is 19.9 Å². The van der Waals surface area contributed by atoms with Crippen LogP contribution < -0.4 is 0 Å². The minimum absolute atomic E-state index is 0.722. The predicted molar refractivity (Wildman–Crippen MR) is 196 cm³/mol. The van der Waals surface area contributed by atoms with Gasteiger partial charge in [0.05, 0.1) is 22.8 Å². The van der Waals surface area contributed by atoms with Gasteiger partial charge in [-0.05, 0) is 41.7 Å². The van der Waals surface area contributed by atoms with Crippen molar-refractivity contribution < 1.29 is 0 Å². The Morgan fingerprint density at radius 2 is 0.625 bits per heavy atom. The number of hydrogen-bond acceptors (Lipinski definition) is 4. The molecule has 0 bridgehead atoms. The fourth-order valence-corrected chi connectivity index (χ4v) is 6.10. The summed E-state index contributed by atoms with van der Waals surface area (Å²) >= 11 is 0. The van der Waals surface area contributed by atoms with Crippen LogP contribution in [0.25, 0.3) is 67.7 Å². The summed E-state index contributed by atoms with van der Waals surface area (Å²) in [4.78, 5) is 19.9. The first kappa shape index (κ1) is 29.2. The van der Waals surface area contributed by atoms with Gasteiger partial charge >= 0.3 is 0 Å². The summed E-state index contributed by atoms with van der Waals surface area (Å²) in [6.07, 6.45) is 6.30. The Morgan fingerprint density at radius 1 is 0.292 bits per heavy atom. The zero-order valence-electron chi connectivity index (χ0n) is 26.4. The van der Waals surface area contributed by atoms with Crippen LogP contribution in [0.2, 0.25) is 0 Å². The molecule has 7 aromatic rings. The average molecular weight is 617 g/mol. The van der Waals surface area contributed by atoms with Crippen molar-refractivity contribution in [3.63, 3.8) is 0 Å². The maximum absolute atomic E-state index is 5.03. The normalized spacial score (nSPS) is 12.7. The number of allylic oxidation sites excluding steroid dienone is 4. The van der Waals surface area contributed by atoms with Gasteiger partial charge in [0.15, 0.2) is 11.6 Å². The molecule has 0 radical (unpaired) electrons. The molecule has 0 spiro atoms. The molecule has 0 aliphatic heterocycles. The SMILES string of the molecule is C1=C(c2ccc(-c3cc(-c4ccccc4)nc(-c4ccccc4)n3)cc2)CCC(c2cc(-c3ccccc3)nc(-c3ccccc3)n2)=C1. The van der Waals surface area contributed by atoms with Gasteiger partial charge in [-0.25, -0.2) is 19.9 Å². The van der Waals surface area contributed by atoms with E-state index < -0.39 is 0 Å². The van der Waals surface area contributed by atoms with Gasteiger partial charge in [-0.3, -0.25) is 0 Å². The number of benzene rings is 5. The van der Waals surface area contributed by atoms with E-state index in [-0.39, 0.29) is 0 Å². The van der Waals surface area contributed by atoms with Gasteiger partial charge in [0.2, 0.25) is 0 Å². The fourth-order valence-electron chi connectivity index (χ4n) is 6.10. The second-order valence-electron chi connectivity index (χ2n) is 11.8. The summed E-state index contributed by atoms with van der Waals surface area (Å²) in [6.45, 7) is 0. The van der Waals surface area contributed by atoms with Crippen LogP contribution in [-0.2, 0) is 0 Å². The Labute approximate surface area is 280 Å². The molecule has 2 heterocycles. The van der Waals surface area contributed by atoms with Gasteiger partial charge in [-0.2, -0.15) is 0 Å². The van der Waals surface area contributed by atoms with Crippen LogP contribution in [0.1, 0.15) is 24.1 Å². The molecule has 1 aliphatic rings. The van der Waals surface area contributed by atoms with Crippen molar-refractivity contribution in [3.8, 4) is 56.5 Å². The van der Waals surface area contributed by atoms with E-state index in [1.807, 2.05) is 60.7 Å². The largest absolute Gasteiger partial charge is 0.228 e. The zero-order chi connectivity index (χ0) is 32.1. The first-order valence-electron chi connectivity index (χ1n) is 16.3. The Kier molecular flexibility index (Phi) is 8.04. The molecule has 1 aliphatic carbocycles. The summed E-state index contributed by atoms with van der Waals surface area (Å²) in [6, 6.07) is 54.0. The molecule has 0 fully saturated rings. The van der Waals surface area contributed by atoms with Crippen molar-refractivity contribution in [3.05, 3.63) is 181 Å². The lowest BCUT2D eigenvalue weighted by Crippen LogP contribution is -2.01. The zero-order valence-corrected chi connectivity index (χ0v) is 26.4. The van der Waals surface area contributed by atoms with Crippen LogP contribution in [0, 0.1) is 0 Å². The number of rotatable bonds is 7.